The molecule has 0 N–H and O–H groups in total. The predicted molar refractivity (Wildman–Crippen MR) is 102 cm³/mol. The molecule has 24 heavy (non-hydrogen) atoms. The van der Waals surface area contributed by atoms with Crippen molar-refractivity contribution in [1.29, 1.82) is 0 Å². The van der Waals surface area contributed by atoms with E-state index >= 15 is 0 Å². The molecular formula is C21H16N2S. The Morgan fingerprint density at radius 2 is 1.17 bits per heavy atom. The van der Waals surface area contributed by atoms with Gasteiger partial charge in [-0.1, -0.05) is 78.9 Å². The summed E-state index contributed by atoms with van der Waals surface area (Å²) in [5, 5.41) is 12.1. The Morgan fingerprint density at radius 1 is 0.583 bits per heavy atom. The van der Waals surface area contributed by atoms with Crippen molar-refractivity contribution < 1.29 is 0 Å². The molecule has 4 rings (SSSR count). The first-order valence-electron chi connectivity index (χ1n) is 7.82. The van der Waals surface area contributed by atoms with Gasteiger partial charge in [0.1, 0.15) is 10.7 Å². The van der Waals surface area contributed by atoms with Crippen LogP contribution in [0.1, 0.15) is 0 Å². The quantitative estimate of drug-likeness (QED) is 0.452. The molecule has 116 valence electrons. The number of thioether (sulfide) groups is 1. The van der Waals surface area contributed by atoms with Crippen LogP contribution in [-0.4, -0.2) is 16.5 Å². The van der Waals surface area contributed by atoms with Gasteiger partial charge in [0, 0.05) is 16.3 Å². The molecule has 3 heteroatoms. The maximum atomic E-state index is 4.48. The van der Waals surface area contributed by atoms with E-state index in [1.165, 1.54) is 11.1 Å². The lowest BCUT2D eigenvalue weighted by Crippen LogP contribution is -1.93. The number of aromatic nitrogens is 2. The van der Waals surface area contributed by atoms with Gasteiger partial charge in [-0.05, 0) is 17.4 Å². The highest BCUT2D eigenvalue weighted by atomic mass is 32.2. The summed E-state index contributed by atoms with van der Waals surface area (Å²) in [5.74, 6) is 0. The summed E-state index contributed by atoms with van der Waals surface area (Å²) in [6.07, 6.45) is 2.03. The van der Waals surface area contributed by atoms with Gasteiger partial charge in [-0.3, -0.25) is 0 Å². The van der Waals surface area contributed by atoms with Crippen molar-refractivity contribution in [3.05, 3.63) is 78.9 Å². The SMILES string of the molecule is CSc1nnc(-c2ccc(-c3ccccc3)cc2)c2ccccc12. The van der Waals surface area contributed by atoms with Crippen molar-refractivity contribution in [3.63, 3.8) is 0 Å². The van der Waals surface area contributed by atoms with E-state index in [1.54, 1.807) is 11.8 Å². The van der Waals surface area contributed by atoms with Gasteiger partial charge in [-0.25, -0.2) is 0 Å². The minimum absolute atomic E-state index is 0.933. The van der Waals surface area contributed by atoms with Gasteiger partial charge < -0.3 is 0 Å². The van der Waals surface area contributed by atoms with Crippen LogP contribution in [0, 0.1) is 0 Å². The lowest BCUT2D eigenvalue weighted by Gasteiger charge is -2.09. The average molecular weight is 328 g/mol. The summed E-state index contributed by atoms with van der Waals surface area (Å²) < 4.78 is 0. The maximum absolute atomic E-state index is 4.48. The number of fused-ring (bicyclic) bond motifs is 1. The van der Waals surface area contributed by atoms with Crippen LogP contribution >= 0.6 is 11.8 Å². The maximum Gasteiger partial charge on any atom is 0.126 e. The highest BCUT2D eigenvalue weighted by molar-refractivity contribution is 7.98. The monoisotopic (exact) mass is 328 g/mol. The topological polar surface area (TPSA) is 25.8 Å². The zero-order chi connectivity index (χ0) is 16.4. The molecule has 0 saturated carbocycles. The van der Waals surface area contributed by atoms with E-state index in [1.807, 2.05) is 18.4 Å². The van der Waals surface area contributed by atoms with Crippen LogP contribution in [0.4, 0.5) is 0 Å². The standard InChI is InChI=1S/C21H16N2S/c1-24-21-19-10-6-5-9-18(19)20(22-23-21)17-13-11-16(12-14-17)15-7-3-2-4-8-15/h2-14H,1H3. The van der Waals surface area contributed by atoms with Crippen molar-refractivity contribution in [1.82, 2.24) is 10.2 Å². The third-order valence-corrected chi connectivity index (χ3v) is 4.80. The predicted octanol–water partition coefficient (Wildman–Crippen LogP) is 5.69. The lowest BCUT2D eigenvalue weighted by atomic mass is 10.0. The van der Waals surface area contributed by atoms with Gasteiger partial charge in [0.25, 0.3) is 0 Å². The number of nitrogens with zero attached hydrogens (tertiary/aromatic N) is 2. The average Bonchev–Trinajstić information content (AvgIpc) is 2.68. The van der Waals surface area contributed by atoms with Gasteiger partial charge in [0.2, 0.25) is 0 Å². The smallest absolute Gasteiger partial charge is 0.126 e. The van der Waals surface area contributed by atoms with Crippen LogP contribution in [0.5, 0.6) is 0 Å². The molecule has 1 aromatic heterocycles. The highest BCUT2D eigenvalue weighted by Crippen LogP contribution is 2.31. The molecule has 3 aromatic carbocycles. The largest absolute Gasteiger partial charge is 0.149 e. The molecule has 0 aliphatic carbocycles. The Kier molecular flexibility index (Phi) is 4.01. The van der Waals surface area contributed by atoms with E-state index in [4.69, 9.17) is 0 Å². The lowest BCUT2D eigenvalue weighted by molar-refractivity contribution is 0.963. The normalized spacial score (nSPS) is 10.9. The van der Waals surface area contributed by atoms with Crippen LogP contribution < -0.4 is 0 Å². The van der Waals surface area contributed by atoms with E-state index in [2.05, 4.69) is 76.9 Å². The van der Waals surface area contributed by atoms with Crippen molar-refractivity contribution in [2.45, 2.75) is 5.03 Å². The zero-order valence-electron chi connectivity index (χ0n) is 13.3. The third kappa shape index (κ3) is 2.68. The van der Waals surface area contributed by atoms with Gasteiger partial charge in [-0.2, -0.15) is 0 Å². The van der Waals surface area contributed by atoms with Crippen LogP contribution in [0.3, 0.4) is 0 Å². The van der Waals surface area contributed by atoms with Crippen molar-refractivity contribution in [2.75, 3.05) is 6.26 Å². The van der Waals surface area contributed by atoms with Crippen molar-refractivity contribution in [2.24, 2.45) is 0 Å². The van der Waals surface area contributed by atoms with E-state index in [-0.39, 0.29) is 0 Å². The van der Waals surface area contributed by atoms with Crippen molar-refractivity contribution >= 4 is 22.5 Å². The summed E-state index contributed by atoms with van der Waals surface area (Å²) in [5.41, 5.74) is 4.45. The number of rotatable bonds is 3. The number of hydrogen-bond acceptors (Lipinski definition) is 3. The summed E-state index contributed by atoms with van der Waals surface area (Å²) in [4.78, 5) is 0. The molecule has 0 aliphatic heterocycles. The fraction of sp³-hybridized carbons (Fsp3) is 0.0476. The molecular weight excluding hydrogens is 312 g/mol. The summed E-state index contributed by atoms with van der Waals surface area (Å²) in [6, 6.07) is 27.3. The molecule has 0 amide bonds. The summed E-state index contributed by atoms with van der Waals surface area (Å²) in [6.45, 7) is 0. The molecule has 0 aliphatic rings. The van der Waals surface area contributed by atoms with Crippen LogP contribution in [0.2, 0.25) is 0 Å². The molecule has 0 radical (unpaired) electrons. The Labute approximate surface area is 145 Å². The van der Waals surface area contributed by atoms with E-state index < -0.39 is 0 Å². The minimum Gasteiger partial charge on any atom is -0.149 e. The molecule has 1 heterocycles. The summed E-state index contributed by atoms with van der Waals surface area (Å²) >= 11 is 1.63. The van der Waals surface area contributed by atoms with Gasteiger partial charge in [-0.15, -0.1) is 22.0 Å². The van der Waals surface area contributed by atoms with Crippen LogP contribution in [0.25, 0.3) is 33.2 Å². The fourth-order valence-corrected chi connectivity index (χ4v) is 3.41. The second-order valence-electron chi connectivity index (χ2n) is 5.55. The minimum atomic E-state index is 0.933. The van der Waals surface area contributed by atoms with Crippen LogP contribution in [-0.2, 0) is 0 Å². The first-order chi connectivity index (χ1) is 11.9. The Balaban J connectivity index is 1.81. The van der Waals surface area contributed by atoms with E-state index in [0.717, 1.165) is 27.1 Å². The van der Waals surface area contributed by atoms with Gasteiger partial charge in [0.15, 0.2) is 0 Å². The zero-order valence-corrected chi connectivity index (χ0v) is 14.1. The molecule has 0 fully saturated rings. The second-order valence-corrected chi connectivity index (χ2v) is 6.34. The van der Waals surface area contributed by atoms with Crippen molar-refractivity contribution in [3.8, 4) is 22.4 Å². The second kappa shape index (κ2) is 6.46. The van der Waals surface area contributed by atoms with E-state index in [9.17, 15) is 0 Å². The first kappa shape index (κ1) is 14.9. The Bertz CT molecular complexity index is 980. The molecule has 0 saturated heterocycles. The van der Waals surface area contributed by atoms with Crippen LogP contribution in [0.15, 0.2) is 83.9 Å². The Hall–Kier alpha value is -2.65. The number of hydrogen-bond donors (Lipinski definition) is 0. The first-order valence-corrected chi connectivity index (χ1v) is 9.04. The molecule has 0 atom stereocenters. The third-order valence-electron chi connectivity index (χ3n) is 4.11. The number of benzene rings is 3. The fourth-order valence-electron chi connectivity index (χ4n) is 2.89. The molecule has 0 unspecified atom stereocenters. The van der Waals surface area contributed by atoms with E-state index in [0.29, 0.717) is 0 Å². The Morgan fingerprint density at radius 3 is 1.88 bits per heavy atom. The summed E-state index contributed by atoms with van der Waals surface area (Å²) in [7, 11) is 0. The van der Waals surface area contributed by atoms with Gasteiger partial charge in [0.05, 0.1) is 0 Å². The molecule has 0 bridgehead atoms. The van der Waals surface area contributed by atoms with Gasteiger partial charge >= 0.3 is 0 Å². The molecule has 0 spiro atoms. The molecule has 2 nitrogen and oxygen atoms in total. The molecule has 4 aromatic rings. The highest BCUT2D eigenvalue weighted by Gasteiger charge is 2.10.